The summed E-state index contributed by atoms with van der Waals surface area (Å²) in [5, 5.41) is 6.69. The van der Waals surface area contributed by atoms with E-state index in [9.17, 15) is 9.18 Å². The van der Waals surface area contributed by atoms with E-state index < -0.39 is 0 Å². The maximum Gasteiger partial charge on any atom is 0.321 e. The van der Waals surface area contributed by atoms with Crippen LogP contribution in [0.1, 0.15) is 37.7 Å². The first kappa shape index (κ1) is 23.9. The molecule has 2 N–H and O–H groups in total. The van der Waals surface area contributed by atoms with Crippen molar-refractivity contribution in [1.82, 2.24) is 15.2 Å². The van der Waals surface area contributed by atoms with E-state index in [0.717, 1.165) is 29.6 Å². The Morgan fingerprint density at radius 2 is 1.73 bits per heavy atom. The number of carbonyl (C=O) groups excluding carboxylic acids is 1. The molecule has 2 aliphatic rings. The summed E-state index contributed by atoms with van der Waals surface area (Å²) >= 11 is 1.40. The summed E-state index contributed by atoms with van der Waals surface area (Å²) in [6.45, 7) is 0.980. The molecule has 6 rings (SSSR count). The molecule has 2 amide bonds. The van der Waals surface area contributed by atoms with Gasteiger partial charge in [0.2, 0.25) is 0 Å². The van der Waals surface area contributed by atoms with E-state index in [1.54, 1.807) is 12.1 Å². The molecule has 37 heavy (non-hydrogen) atoms. The maximum atomic E-state index is 13.1. The zero-order valence-corrected chi connectivity index (χ0v) is 21.2. The lowest BCUT2D eigenvalue weighted by atomic mass is 9.81. The summed E-state index contributed by atoms with van der Waals surface area (Å²) in [5.41, 5.74) is 2.14. The first-order chi connectivity index (χ1) is 18.1. The standard InChI is InChI=1S/C29H29FN4O2S/c30-20-9-11-24(12-10-20)36-25-13-14-26-27(17-25)37-29(32-26)33-28(35)31-21-15-22-7-4-8-23(16-21)34(22)18-19-5-2-1-3-6-19/h1-3,5-6,9-14,17,21-23H,4,7-8,15-16,18H2,(H2,31,32,33,35). The number of rotatable bonds is 6. The van der Waals surface area contributed by atoms with Gasteiger partial charge in [-0.2, -0.15) is 0 Å². The SMILES string of the molecule is O=C(Nc1nc2ccc(Oc3ccc(F)cc3)cc2s1)NC1CC2CCCC(C1)N2Cc1ccccc1. The van der Waals surface area contributed by atoms with Gasteiger partial charge < -0.3 is 10.1 Å². The molecule has 2 saturated heterocycles. The Morgan fingerprint density at radius 3 is 2.49 bits per heavy atom. The lowest BCUT2D eigenvalue weighted by Gasteiger charge is -2.49. The van der Waals surface area contributed by atoms with E-state index in [0.29, 0.717) is 28.7 Å². The lowest BCUT2D eigenvalue weighted by Crippen LogP contribution is -2.56. The molecule has 190 valence electrons. The quantitative estimate of drug-likeness (QED) is 0.291. The molecule has 0 spiro atoms. The zero-order chi connectivity index (χ0) is 25.2. The highest BCUT2D eigenvalue weighted by molar-refractivity contribution is 7.22. The number of nitrogens with zero attached hydrogens (tertiary/aromatic N) is 2. The highest BCUT2D eigenvalue weighted by Crippen LogP contribution is 2.36. The van der Waals surface area contributed by atoms with Crippen molar-refractivity contribution in [2.24, 2.45) is 0 Å². The number of fused-ring (bicyclic) bond motifs is 3. The topological polar surface area (TPSA) is 66.5 Å². The molecule has 0 radical (unpaired) electrons. The molecule has 0 aliphatic carbocycles. The van der Waals surface area contributed by atoms with Crippen LogP contribution in [0.4, 0.5) is 14.3 Å². The number of hydrogen-bond donors (Lipinski definition) is 2. The molecular formula is C29H29FN4O2S. The van der Waals surface area contributed by atoms with E-state index in [1.807, 2.05) is 18.2 Å². The Kier molecular flexibility index (Phi) is 6.76. The second-order valence-corrected chi connectivity index (χ2v) is 10.9. The van der Waals surface area contributed by atoms with E-state index in [2.05, 4.69) is 50.8 Å². The van der Waals surface area contributed by atoms with E-state index in [-0.39, 0.29) is 17.9 Å². The number of thiazole rings is 1. The molecule has 1 aromatic heterocycles. The van der Waals surface area contributed by atoms with Crippen molar-refractivity contribution in [3.63, 3.8) is 0 Å². The van der Waals surface area contributed by atoms with Crippen LogP contribution in [-0.2, 0) is 6.54 Å². The van der Waals surface area contributed by atoms with Crippen LogP contribution in [0.3, 0.4) is 0 Å². The molecule has 3 aromatic carbocycles. The number of ether oxygens (including phenoxy) is 1. The maximum absolute atomic E-state index is 13.1. The second-order valence-electron chi connectivity index (χ2n) is 9.87. The number of benzene rings is 3. The van der Waals surface area contributed by atoms with Crippen molar-refractivity contribution < 1.29 is 13.9 Å². The van der Waals surface area contributed by atoms with Gasteiger partial charge in [-0.3, -0.25) is 10.2 Å². The second kappa shape index (κ2) is 10.5. The summed E-state index contributed by atoms with van der Waals surface area (Å²) in [7, 11) is 0. The van der Waals surface area contributed by atoms with Gasteiger partial charge in [-0.1, -0.05) is 48.1 Å². The minimum absolute atomic E-state index is 0.160. The van der Waals surface area contributed by atoms with Crippen LogP contribution >= 0.6 is 11.3 Å². The molecule has 3 heterocycles. The average Bonchev–Trinajstić information content (AvgIpc) is 3.28. The van der Waals surface area contributed by atoms with Gasteiger partial charge >= 0.3 is 6.03 Å². The van der Waals surface area contributed by atoms with Crippen LogP contribution in [0, 0.1) is 5.82 Å². The molecule has 0 saturated carbocycles. The van der Waals surface area contributed by atoms with Gasteiger partial charge in [0.1, 0.15) is 17.3 Å². The third-order valence-corrected chi connectivity index (χ3v) is 8.23. The van der Waals surface area contributed by atoms with Gasteiger partial charge in [-0.15, -0.1) is 0 Å². The largest absolute Gasteiger partial charge is 0.457 e. The first-order valence-corrected chi connectivity index (χ1v) is 13.6. The molecule has 8 heteroatoms. The van der Waals surface area contributed by atoms with Crippen LogP contribution in [0.25, 0.3) is 10.2 Å². The Balaban J connectivity index is 1.07. The summed E-state index contributed by atoms with van der Waals surface area (Å²) in [5.74, 6) is 0.885. The highest BCUT2D eigenvalue weighted by Gasteiger charge is 2.38. The van der Waals surface area contributed by atoms with E-state index >= 15 is 0 Å². The molecule has 6 nitrogen and oxygen atoms in total. The fourth-order valence-corrected chi connectivity index (χ4v) is 6.52. The third kappa shape index (κ3) is 5.60. The smallest absolute Gasteiger partial charge is 0.321 e. The Hall–Kier alpha value is -3.49. The molecule has 2 aliphatic heterocycles. The third-order valence-electron chi connectivity index (χ3n) is 7.30. The van der Waals surface area contributed by atoms with Crippen molar-refractivity contribution in [3.05, 3.63) is 84.2 Å². The van der Waals surface area contributed by atoms with Crippen LogP contribution < -0.4 is 15.4 Å². The number of aromatic nitrogens is 1. The number of urea groups is 1. The number of hydrogen-bond acceptors (Lipinski definition) is 5. The van der Waals surface area contributed by atoms with Crippen molar-refractivity contribution in [3.8, 4) is 11.5 Å². The summed E-state index contributed by atoms with van der Waals surface area (Å²) < 4.78 is 19.9. The van der Waals surface area contributed by atoms with E-state index in [1.165, 1.54) is 48.3 Å². The predicted octanol–water partition coefficient (Wildman–Crippen LogP) is 6.93. The van der Waals surface area contributed by atoms with Gasteiger partial charge in [0, 0.05) is 30.7 Å². The number of anilines is 1. The van der Waals surface area contributed by atoms with Gasteiger partial charge in [-0.05, 0) is 67.6 Å². The molecule has 2 atom stereocenters. The predicted molar refractivity (Wildman–Crippen MR) is 145 cm³/mol. The van der Waals surface area contributed by atoms with Crippen molar-refractivity contribution in [2.45, 2.75) is 56.8 Å². The Bertz CT molecular complexity index is 1360. The monoisotopic (exact) mass is 516 g/mol. The summed E-state index contributed by atoms with van der Waals surface area (Å²) in [6.07, 6.45) is 5.58. The lowest BCUT2D eigenvalue weighted by molar-refractivity contribution is 0.0200. The van der Waals surface area contributed by atoms with Gasteiger partial charge in [0.15, 0.2) is 5.13 Å². The van der Waals surface area contributed by atoms with Crippen molar-refractivity contribution in [2.75, 3.05) is 5.32 Å². The molecular weight excluding hydrogens is 487 g/mol. The normalized spacial score (nSPS) is 21.5. The van der Waals surface area contributed by atoms with Gasteiger partial charge in [0.25, 0.3) is 0 Å². The number of amides is 2. The molecule has 2 bridgehead atoms. The fraction of sp³-hybridized carbons (Fsp3) is 0.310. The summed E-state index contributed by atoms with van der Waals surface area (Å²) in [4.78, 5) is 20.1. The number of piperidine rings is 2. The van der Waals surface area contributed by atoms with Crippen molar-refractivity contribution in [1.29, 1.82) is 0 Å². The van der Waals surface area contributed by atoms with Crippen LogP contribution in [0.5, 0.6) is 11.5 Å². The number of halogens is 1. The average molecular weight is 517 g/mol. The fourth-order valence-electron chi connectivity index (χ4n) is 5.63. The van der Waals surface area contributed by atoms with Gasteiger partial charge in [-0.25, -0.2) is 14.2 Å². The molecule has 2 unspecified atom stereocenters. The number of nitrogens with one attached hydrogen (secondary N) is 2. The van der Waals surface area contributed by atoms with E-state index in [4.69, 9.17) is 4.74 Å². The Morgan fingerprint density at radius 1 is 1.00 bits per heavy atom. The van der Waals surface area contributed by atoms with Crippen molar-refractivity contribution >= 4 is 32.7 Å². The zero-order valence-electron chi connectivity index (χ0n) is 20.4. The van der Waals surface area contributed by atoms with Crippen LogP contribution in [0.2, 0.25) is 0 Å². The van der Waals surface area contributed by atoms with Crippen LogP contribution in [0.15, 0.2) is 72.8 Å². The molecule has 2 fully saturated rings. The minimum Gasteiger partial charge on any atom is -0.457 e. The van der Waals surface area contributed by atoms with Gasteiger partial charge in [0.05, 0.1) is 10.2 Å². The minimum atomic E-state index is -0.305. The number of carbonyl (C=O) groups is 1. The van der Waals surface area contributed by atoms with Crippen LogP contribution in [-0.4, -0.2) is 34.0 Å². The summed E-state index contributed by atoms with van der Waals surface area (Å²) in [6, 6.07) is 23.1. The first-order valence-electron chi connectivity index (χ1n) is 12.8. The molecule has 4 aromatic rings. The highest BCUT2D eigenvalue weighted by atomic mass is 32.1. The Labute approximate surface area is 219 Å².